The number of methoxy groups -OCH3 is 1. The molecular formula is C15H18N2O4. The number of benzene rings is 1. The Bertz CT molecular complexity index is 622. The van der Waals surface area contributed by atoms with Crippen molar-refractivity contribution in [1.82, 2.24) is 9.78 Å². The van der Waals surface area contributed by atoms with Crippen molar-refractivity contribution < 1.29 is 19.0 Å². The molecule has 21 heavy (non-hydrogen) atoms. The average molecular weight is 290 g/mol. The van der Waals surface area contributed by atoms with Crippen LogP contribution in [0.2, 0.25) is 0 Å². The lowest BCUT2D eigenvalue weighted by Crippen LogP contribution is -2.11. The Balaban J connectivity index is 2.16. The number of aromatic nitrogens is 2. The van der Waals surface area contributed by atoms with Crippen molar-refractivity contribution in [2.75, 3.05) is 13.7 Å². The number of carbonyl (C=O) groups is 1. The number of hydrogen-bond donors (Lipinski definition) is 0. The fourth-order valence-electron chi connectivity index (χ4n) is 1.90. The normalized spacial score (nSPS) is 10.2. The molecule has 0 fully saturated rings. The molecule has 1 aromatic heterocycles. The zero-order chi connectivity index (χ0) is 15.2. The van der Waals surface area contributed by atoms with Gasteiger partial charge in [0.25, 0.3) is 0 Å². The Morgan fingerprint density at radius 1 is 1.29 bits per heavy atom. The van der Waals surface area contributed by atoms with Gasteiger partial charge < -0.3 is 14.2 Å². The van der Waals surface area contributed by atoms with Crippen LogP contribution in [-0.2, 0) is 18.4 Å². The highest BCUT2D eigenvalue weighted by Crippen LogP contribution is 2.27. The third-order valence-corrected chi connectivity index (χ3v) is 2.99. The van der Waals surface area contributed by atoms with Crippen LogP contribution in [0.25, 0.3) is 0 Å². The van der Waals surface area contributed by atoms with Crippen LogP contribution in [0.4, 0.5) is 0 Å². The second-order valence-corrected chi connectivity index (χ2v) is 4.29. The molecule has 0 saturated heterocycles. The Kier molecular flexibility index (Phi) is 4.81. The van der Waals surface area contributed by atoms with E-state index in [1.54, 1.807) is 31.8 Å². The van der Waals surface area contributed by atoms with Crippen molar-refractivity contribution >= 4 is 5.97 Å². The third-order valence-electron chi connectivity index (χ3n) is 2.99. The van der Waals surface area contributed by atoms with Gasteiger partial charge in [0.05, 0.1) is 25.6 Å². The lowest BCUT2D eigenvalue weighted by Gasteiger charge is -2.11. The summed E-state index contributed by atoms with van der Waals surface area (Å²) in [5.41, 5.74) is 1.06. The first-order chi connectivity index (χ1) is 10.2. The minimum absolute atomic E-state index is 0.199. The molecule has 0 saturated carbocycles. The second-order valence-electron chi connectivity index (χ2n) is 4.29. The number of para-hydroxylation sites is 2. The van der Waals surface area contributed by atoms with Crippen molar-refractivity contribution in [2.45, 2.75) is 13.5 Å². The number of rotatable bonds is 6. The van der Waals surface area contributed by atoms with E-state index in [4.69, 9.17) is 14.2 Å². The zero-order valence-corrected chi connectivity index (χ0v) is 12.3. The molecule has 0 aliphatic carbocycles. The van der Waals surface area contributed by atoms with Gasteiger partial charge in [0.2, 0.25) is 0 Å². The minimum atomic E-state index is -0.399. The number of carbonyl (C=O) groups excluding carboxylic acids is 1. The molecule has 0 N–H and O–H groups in total. The molecule has 0 bridgehead atoms. The summed E-state index contributed by atoms with van der Waals surface area (Å²) in [5, 5.41) is 4.08. The van der Waals surface area contributed by atoms with Crippen molar-refractivity contribution in [2.24, 2.45) is 7.05 Å². The van der Waals surface area contributed by atoms with Crippen LogP contribution in [0.5, 0.6) is 11.5 Å². The summed E-state index contributed by atoms with van der Waals surface area (Å²) < 4.78 is 17.6. The third kappa shape index (κ3) is 3.34. The summed E-state index contributed by atoms with van der Waals surface area (Å²) in [7, 11) is 3.33. The first kappa shape index (κ1) is 14.9. The minimum Gasteiger partial charge on any atom is -0.493 e. The molecular weight excluding hydrogens is 272 g/mol. The summed E-state index contributed by atoms with van der Waals surface area (Å²) >= 11 is 0. The molecule has 1 heterocycles. The highest BCUT2D eigenvalue weighted by molar-refractivity contribution is 5.90. The fraction of sp³-hybridized carbons (Fsp3) is 0.333. The average Bonchev–Trinajstić information content (AvgIpc) is 2.86. The van der Waals surface area contributed by atoms with Crippen molar-refractivity contribution in [3.8, 4) is 11.5 Å². The summed E-state index contributed by atoms with van der Waals surface area (Å²) in [6, 6.07) is 7.33. The Labute approximate surface area is 123 Å². The Hall–Kier alpha value is -2.50. The van der Waals surface area contributed by atoms with E-state index in [0.717, 1.165) is 0 Å². The summed E-state index contributed by atoms with van der Waals surface area (Å²) in [6.45, 7) is 2.28. The van der Waals surface area contributed by atoms with Gasteiger partial charge in [0.15, 0.2) is 11.5 Å². The molecule has 0 amide bonds. The second kappa shape index (κ2) is 6.78. The number of aryl methyl sites for hydroxylation is 1. The van der Waals surface area contributed by atoms with Gasteiger partial charge in [-0.3, -0.25) is 4.68 Å². The van der Waals surface area contributed by atoms with Gasteiger partial charge in [0.1, 0.15) is 12.2 Å². The molecule has 0 atom stereocenters. The Morgan fingerprint density at radius 3 is 2.67 bits per heavy atom. The smallest absolute Gasteiger partial charge is 0.341 e. The predicted octanol–water partition coefficient (Wildman–Crippen LogP) is 2.18. The van der Waals surface area contributed by atoms with Crippen molar-refractivity contribution in [1.29, 1.82) is 0 Å². The van der Waals surface area contributed by atoms with E-state index >= 15 is 0 Å². The van der Waals surface area contributed by atoms with E-state index in [9.17, 15) is 4.79 Å². The molecule has 0 unspecified atom stereocenters. The van der Waals surface area contributed by atoms with Gasteiger partial charge in [0, 0.05) is 7.05 Å². The zero-order valence-electron chi connectivity index (χ0n) is 12.3. The van der Waals surface area contributed by atoms with Gasteiger partial charge in [-0.05, 0) is 19.1 Å². The molecule has 2 rings (SSSR count). The maximum Gasteiger partial charge on any atom is 0.341 e. The largest absolute Gasteiger partial charge is 0.493 e. The van der Waals surface area contributed by atoms with Crippen LogP contribution in [-0.4, -0.2) is 29.5 Å². The van der Waals surface area contributed by atoms with Gasteiger partial charge in [-0.15, -0.1) is 0 Å². The van der Waals surface area contributed by atoms with Crippen molar-refractivity contribution in [3.63, 3.8) is 0 Å². The number of nitrogens with zero attached hydrogens (tertiary/aromatic N) is 2. The highest BCUT2D eigenvalue weighted by atomic mass is 16.5. The SMILES string of the molecule is CCOC(=O)c1cnn(C)c1COc1ccccc1OC. The molecule has 0 spiro atoms. The number of hydrogen-bond acceptors (Lipinski definition) is 5. The summed E-state index contributed by atoms with van der Waals surface area (Å²) in [5.74, 6) is 0.845. The molecule has 6 heteroatoms. The first-order valence-electron chi connectivity index (χ1n) is 6.61. The van der Waals surface area contributed by atoms with Gasteiger partial charge in [-0.1, -0.05) is 12.1 Å². The summed E-state index contributed by atoms with van der Waals surface area (Å²) in [6.07, 6.45) is 1.49. The number of esters is 1. The van der Waals surface area contributed by atoms with E-state index in [-0.39, 0.29) is 6.61 Å². The predicted molar refractivity (Wildman–Crippen MR) is 76.5 cm³/mol. The highest BCUT2D eigenvalue weighted by Gasteiger charge is 2.18. The molecule has 0 radical (unpaired) electrons. The molecule has 6 nitrogen and oxygen atoms in total. The fourth-order valence-corrected chi connectivity index (χ4v) is 1.90. The first-order valence-corrected chi connectivity index (χ1v) is 6.61. The van der Waals surface area contributed by atoms with E-state index in [1.807, 2.05) is 18.2 Å². The van der Waals surface area contributed by atoms with Gasteiger partial charge >= 0.3 is 5.97 Å². The van der Waals surface area contributed by atoms with Crippen LogP contribution in [0, 0.1) is 0 Å². The van der Waals surface area contributed by atoms with E-state index in [0.29, 0.717) is 29.4 Å². The molecule has 1 aromatic carbocycles. The van der Waals surface area contributed by atoms with Crippen LogP contribution in [0.15, 0.2) is 30.5 Å². The van der Waals surface area contributed by atoms with Gasteiger partial charge in [-0.25, -0.2) is 4.79 Å². The Morgan fingerprint density at radius 2 is 2.00 bits per heavy atom. The van der Waals surface area contributed by atoms with E-state index in [2.05, 4.69) is 5.10 Å². The van der Waals surface area contributed by atoms with Crippen LogP contribution < -0.4 is 9.47 Å². The lowest BCUT2D eigenvalue weighted by molar-refractivity contribution is 0.0523. The number of ether oxygens (including phenoxy) is 3. The van der Waals surface area contributed by atoms with Gasteiger partial charge in [-0.2, -0.15) is 5.10 Å². The van der Waals surface area contributed by atoms with Crippen LogP contribution >= 0.6 is 0 Å². The summed E-state index contributed by atoms with van der Waals surface area (Å²) in [4.78, 5) is 11.9. The topological polar surface area (TPSA) is 62.6 Å². The maximum absolute atomic E-state index is 11.9. The van der Waals surface area contributed by atoms with Crippen LogP contribution in [0.3, 0.4) is 0 Å². The maximum atomic E-state index is 11.9. The molecule has 2 aromatic rings. The molecule has 0 aliphatic heterocycles. The lowest BCUT2D eigenvalue weighted by atomic mass is 10.2. The monoisotopic (exact) mass is 290 g/mol. The molecule has 0 aliphatic rings. The quantitative estimate of drug-likeness (QED) is 0.763. The van der Waals surface area contributed by atoms with Crippen molar-refractivity contribution in [3.05, 3.63) is 41.7 Å². The molecule has 112 valence electrons. The van der Waals surface area contributed by atoms with E-state index in [1.165, 1.54) is 6.20 Å². The van der Waals surface area contributed by atoms with E-state index < -0.39 is 5.97 Å². The standard InChI is InChI=1S/C15H18N2O4/c1-4-20-15(18)11-9-16-17(2)12(11)10-21-14-8-6-5-7-13(14)19-3/h5-9H,4,10H2,1-3H3. The van der Waals surface area contributed by atoms with Crippen LogP contribution in [0.1, 0.15) is 23.0 Å².